The first-order valence-electron chi connectivity index (χ1n) is 8.82. The van der Waals surface area contributed by atoms with Crippen LogP contribution in [-0.4, -0.2) is 15.5 Å². The van der Waals surface area contributed by atoms with E-state index >= 15 is 0 Å². The molecule has 1 heterocycles. The Morgan fingerprint density at radius 2 is 2.00 bits per heavy atom. The standard InChI is InChI=1S/C21H23BrN2OS/c1-5-17-16(12-22)7-6-8-18(17)20-23-21(26-24-20)15-9-10-19(14(4)11-15)25-13(2)3/h6-11,13H,5,12H2,1-4H3. The molecule has 0 spiro atoms. The molecule has 0 saturated carbocycles. The van der Waals surface area contributed by atoms with Crippen LogP contribution < -0.4 is 4.74 Å². The molecular formula is C21H23BrN2OS. The molecule has 5 heteroatoms. The predicted molar refractivity (Wildman–Crippen MR) is 113 cm³/mol. The van der Waals surface area contributed by atoms with Gasteiger partial charge >= 0.3 is 0 Å². The van der Waals surface area contributed by atoms with E-state index in [0.29, 0.717) is 0 Å². The molecule has 3 rings (SSSR count). The fourth-order valence-corrected chi connectivity index (χ4v) is 4.20. The molecule has 0 aliphatic rings. The van der Waals surface area contributed by atoms with Crippen LogP contribution in [-0.2, 0) is 11.8 Å². The second-order valence-corrected chi connectivity index (χ2v) is 7.81. The van der Waals surface area contributed by atoms with Crippen LogP contribution in [0, 0.1) is 6.92 Å². The Bertz CT molecular complexity index is 905. The zero-order valence-corrected chi connectivity index (χ0v) is 17.9. The summed E-state index contributed by atoms with van der Waals surface area (Å²) in [5.41, 5.74) is 5.93. The van der Waals surface area contributed by atoms with Gasteiger partial charge in [0.1, 0.15) is 10.8 Å². The SMILES string of the molecule is CCc1c(CBr)cccc1-c1nsc(-c2ccc(OC(C)C)c(C)c2)n1. The molecule has 0 aliphatic heterocycles. The summed E-state index contributed by atoms with van der Waals surface area (Å²) in [7, 11) is 0. The molecule has 0 saturated heterocycles. The molecule has 0 aliphatic carbocycles. The third kappa shape index (κ3) is 3.99. The van der Waals surface area contributed by atoms with Crippen LogP contribution in [0.1, 0.15) is 37.5 Å². The Kier molecular flexibility index (Phi) is 6.09. The lowest BCUT2D eigenvalue weighted by atomic mass is 9.99. The summed E-state index contributed by atoms with van der Waals surface area (Å²) in [5, 5.41) is 1.78. The van der Waals surface area contributed by atoms with E-state index in [0.717, 1.165) is 45.0 Å². The number of ether oxygens (including phenoxy) is 1. The summed E-state index contributed by atoms with van der Waals surface area (Å²) >= 11 is 5.02. The molecule has 136 valence electrons. The van der Waals surface area contributed by atoms with Gasteiger partial charge in [0.15, 0.2) is 5.82 Å². The highest BCUT2D eigenvalue weighted by Crippen LogP contribution is 2.32. The number of benzene rings is 2. The van der Waals surface area contributed by atoms with Crippen LogP contribution in [0.5, 0.6) is 5.75 Å². The van der Waals surface area contributed by atoms with E-state index in [9.17, 15) is 0 Å². The highest BCUT2D eigenvalue weighted by atomic mass is 79.9. The minimum Gasteiger partial charge on any atom is -0.491 e. The molecule has 0 amide bonds. The summed E-state index contributed by atoms with van der Waals surface area (Å²) in [6, 6.07) is 12.5. The molecule has 3 nitrogen and oxygen atoms in total. The zero-order chi connectivity index (χ0) is 18.7. The summed E-state index contributed by atoms with van der Waals surface area (Å²) in [6.07, 6.45) is 1.13. The normalized spacial score (nSPS) is 11.2. The second kappa shape index (κ2) is 8.31. The van der Waals surface area contributed by atoms with Crippen LogP contribution >= 0.6 is 27.5 Å². The molecule has 2 aromatic carbocycles. The lowest BCUT2D eigenvalue weighted by molar-refractivity contribution is 0.241. The number of nitrogens with zero attached hydrogens (tertiary/aromatic N) is 2. The predicted octanol–water partition coefficient (Wildman–Crippen LogP) is 6.43. The molecule has 0 unspecified atom stereocenters. The monoisotopic (exact) mass is 430 g/mol. The van der Waals surface area contributed by atoms with Gasteiger partial charge < -0.3 is 4.74 Å². The first kappa shape index (κ1) is 19.1. The average molecular weight is 431 g/mol. The molecule has 0 N–H and O–H groups in total. The van der Waals surface area contributed by atoms with Crippen molar-refractivity contribution in [3.05, 3.63) is 53.1 Å². The molecule has 0 radical (unpaired) electrons. The summed E-state index contributed by atoms with van der Waals surface area (Å²) in [5.74, 6) is 1.73. The number of aryl methyl sites for hydroxylation is 1. The van der Waals surface area contributed by atoms with Gasteiger partial charge in [-0.25, -0.2) is 4.98 Å². The van der Waals surface area contributed by atoms with Gasteiger partial charge in [0.05, 0.1) is 6.10 Å². The highest BCUT2D eigenvalue weighted by molar-refractivity contribution is 9.08. The first-order valence-corrected chi connectivity index (χ1v) is 10.7. The van der Waals surface area contributed by atoms with E-state index in [-0.39, 0.29) is 6.10 Å². The molecule has 1 aromatic heterocycles. The van der Waals surface area contributed by atoms with Crippen molar-refractivity contribution in [3.63, 3.8) is 0 Å². The van der Waals surface area contributed by atoms with Crippen molar-refractivity contribution in [2.45, 2.75) is 45.5 Å². The molecular weight excluding hydrogens is 408 g/mol. The van der Waals surface area contributed by atoms with Crippen molar-refractivity contribution in [1.29, 1.82) is 0 Å². The zero-order valence-electron chi connectivity index (χ0n) is 15.5. The lowest BCUT2D eigenvalue weighted by Gasteiger charge is -2.12. The van der Waals surface area contributed by atoms with Crippen molar-refractivity contribution >= 4 is 27.5 Å². The number of hydrogen-bond acceptors (Lipinski definition) is 4. The minimum atomic E-state index is 0.168. The van der Waals surface area contributed by atoms with Crippen molar-refractivity contribution in [2.75, 3.05) is 0 Å². The van der Waals surface area contributed by atoms with E-state index in [1.54, 1.807) is 0 Å². The molecule has 26 heavy (non-hydrogen) atoms. The van der Waals surface area contributed by atoms with Crippen LogP contribution in [0.3, 0.4) is 0 Å². The number of halogens is 1. The Hall–Kier alpha value is -1.72. The van der Waals surface area contributed by atoms with Gasteiger partial charge in [0, 0.05) is 16.5 Å². The lowest BCUT2D eigenvalue weighted by Crippen LogP contribution is -2.06. The third-order valence-corrected chi connectivity index (χ3v) is 5.59. The maximum Gasteiger partial charge on any atom is 0.173 e. The Labute approximate surface area is 167 Å². The Morgan fingerprint density at radius 3 is 2.65 bits per heavy atom. The summed E-state index contributed by atoms with van der Waals surface area (Å²) < 4.78 is 10.5. The average Bonchev–Trinajstić information content (AvgIpc) is 3.12. The second-order valence-electron chi connectivity index (χ2n) is 6.50. The van der Waals surface area contributed by atoms with Gasteiger partial charge in [0.25, 0.3) is 0 Å². The quantitative estimate of drug-likeness (QED) is 0.422. The number of rotatable bonds is 6. The van der Waals surface area contributed by atoms with E-state index < -0.39 is 0 Å². The number of alkyl halides is 1. The minimum absolute atomic E-state index is 0.168. The third-order valence-electron chi connectivity index (χ3n) is 4.22. The van der Waals surface area contributed by atoms with Crippen molar-refractivity contribution in [2.24, 2.45) is 0 Å². The van der Waals surface area contributed by atoms with Crippen LogP contribution in [0.4, 0.5) is 0 Å². The van der Waals surface area contributed by atoms with Crippen molar-refractivity contribution in [3.8, 4) is 27.7 Å². The molecule has 0 bridgehead atoms. The van der Waals surface area contributed by atoms with Gasteiger partial charge in [-0.05, 0) is 73.6 Å². The van der Waals surface area contributed by atoms with Gasteiger partial charge in [0.2, 0.25) is 0 Å². The summed E-state index contributed by atoms with van der Waals surface area (Å²) in [6.45, 7) is 8.32. The smallest absolute Gasteiger partial charge is 0.173 e. The maximum atomic E-state index is 5.83. The van der Waals surface area contributed by atoms with E-state index in [1.165, 1.54) is 22.7 Å². The van der Waals surface area contributed by atoms with Crippen molar-refractivity contribution in [1.82, 2.24) is 9.36 Å². The Morgan fingerprint density at radius 1 is 1.19 bits per heavy atom. The molecule has 3 aromatic rings. The fraction of sp³-hybridized carbons (Fsp3) is 0.333. The van der Waals surface area contributed by atoms with E-state index in [4.69, 9.17) is 9.72 Å². The van der Waals surface area contributed by atoms with Gasteiger partial charge in [-0.15, -0.1) is 0 Å². The first-order chi connectivity index (χ1) is 12.5. The number of aromatic nitrogens is 2. The van der Waals surface area contributed by atoms with E-state index in [1.807, 2.05) is 19.9 Å². The van der Waals surface area contributed by atoms with Gasteiger partial charge in [-0.2, -0.15) is 4.37 Å². The van der Waals surface area contributed by atoms with E-state index in [2.05, 4.69) is 64.5 Å². The molecule has 0 atom stereocenters. The van der Waals surface area contributed by atoms with Gasteiger partial charge in [-0.3, -0.25) is 0 Å². The van der Waals surface area contributed by atoms with Crippen molar-refractivity contribution < 1.29 is 4.74 Å². The Balaban J connectivity index is 1.95. The fourth-order valence-electron chi connectivity index (χ4n) is 3.01. The highest BCUT2D eigenvalue weighted by Gasteiger charge is 2.14. The number of hydrogen-bond donors (Lipinski definition) is 0. The van der Waals surface area contributed by atoms with Crippen LogP contribution in [0.25, 0.3) is 22.0 Å². The van der Waals surface area contributed by atoms with Gasteiger partial charge in [-0.1, -0.05) is 41.1 Å². The topological polar surface area (TPSA) is 35.0 Å². The largest absolute Gasteiger partial charge is 0.491 e. The summed E-state index contributed by atoms with van der Waals surface area (Å²) in [4.78, 5) is 4.82. The molecule has 0 fully saturated rings. The van der Waals surface area contributed by atoms with Crippen LogP contribution in [0.15, 0.2) is 36.4 Å². The maximum absolute atomic E-state index is 5.83. The van der Waals surface area contributed by atoms with Crippen LogP contribution in [0.2, 0.25) is 0 Å².